The second-order valence-electron chi connectivity index (χ2n) is 4.43. The van der Waals surface area contributed by atoms with Crippen LogP contribution in [0.25, 0.3) is 0 Å². The van der Waals surface area contributed by atoms with Gasteiger partial charge in [-0.1, -0.05) is 0 Å². The Hall–Kier alpha value is -2.43. The second-order valence-corrected chi connectivity index (χ2v) is 4.43. The Balaban J connectivity index is 2.04. The van der Waals surface area contributed by atoms with E-state index in [4.69, 9.17) is 0 Å². The van der Waals surface area contributed by atoms with Crippen molar-refractivity contribution >= 4 is 5.91 Å². The third-order valence-electron chi connectivity index (χ3n) is 3.11. The van der Waals surface area contributed by atoms with E-state index in [2.05, 4.69) is 9.97 Å². The summed E-state index contributed by atoms with van der Waals surface area (Å²) in [5.41, 5.74) is 1.29. The first kappa shape index (κ1) is 14.0. The van der Waals surface area contributed by atoms with Crippen LogP contribution in [-0.4, -0.2) is 33.9 Å². The molecule has 0 aliphatic rings. The van der Waals surface area contributed by atoms with Gasteiger partial charge in [-0.25, -0.2) is 0 Å². The Morgan fingerprint density at radius 2 is 2.05 bits per heavy atom. The Bertz CT molecular complexity index is 622. The number of hydrogen-bond acceptors (Lipinski definition) is 3. The molecule has 5 heteroatoms. The maximum atomic E-state index is 12.3. The van der Waals surface area contributed by atoms with Crippen LogP contribution in [0.3, 0.4) is 0 Å². The van der Waals surface area contributed by atoms with Gasteiger partial charge in [0.15, 0.2) is 0 Å². The minimum atomic E-state index is -0.263. The minimum absolute atomic E-state index is 0.118. The van der Waals surface area contributed by atoms with E-state index in [1.165, 1.54) is 12.3 Å². The summed E-state index contributed by atoms with van der Waals surface area (Å²) in [5.74, 6) is -0.118. The largest absolute Gasteiger partial charge is 0.339 e. The summed E-state index contributed by atoms with van der Waals surface area (Å²) in [6.45, 7) is 3.15. The highest BCUT2D eigenvalue weighted by Crippen LogP contribution is 2.05. The molecular weight excluding hydrogens is 254 g/mol. The number of carbonyl (C=O) groups excluding carboxylic acids is 1. The molecule has 0 saturated heterocycles. The minimum Gasteiger partial charge on any atom is -0.339 e. The molecule has 0 fully saturated rings. The summed E-state index contributed by atoms with van der Waals surface area (Å²) < 4.78 is 0. The monoisotopic (exact) mass is 271 g/mol. The predicted molar refractivity (Wildman–Crippen MR) is 76.6 cm³/mol. The third kappa shape index (κ3) is 3.54. The van der Waals surface area contributed by atoms with E-state index in [1.54, 1.807) is 23.4 Å². The van der Waals surface area contributed by atoms with Crippen LogP contribution in [0.1, 0.15) is 22.8 Å². The SMILES string of the molecule is CCN(CCc1ccncc1)C(=O)c1cc[nH]c(=O)c1. The molecule has 0 aliphatic carbocycles. The Kier molecular flexibility index (Phi) is 4.65. The number of aromatic amines is 1. The lowest BCUT2D eigenvalue weighted by molar-refractivity contribution is 0.0766. The molecule has 1 N–H and O–H groups in total. The van der Waals surface area contributed by atoms with Crippen LogP contribution in [0.15, 0.2) is 47.7 Å². The van der Waals surface area contributed by atoms with Gasteiger partial charge in [-0.2, -0.15) is 0 Å². The Labute approximate surface area is 117 Å². The van der Waals surface area contributed by atoms with Gasteiger partial charge in [0.05, 0.1) is 0 Å². The molecule has 0 saturated carbocycles. The van der Waals surface area contributed by atoms with Crippen molar-refractivity contribution in [3.8, 4) is 0 Å². The molecule has 0 aliphatic heterocycles. The Morgan fingerprint density at radius 3 is 2.70 bits per heavy atom. The molecule has 0 atom stereocenters. The number of nitrogens with zero attached hydrogens (tertiary/aromatic N) is 2. The molecule has 1 amide bonds. The fourth-order valence-electron chi connectivity index (χ4n) is 1.98. The van der Waals surface area contributed by atoms with Gasteiger partial charge < -0.3 is 9.88 Å². The van der Waals surface area contributed by atoms with Gasteiger partial charge in [-0.3, -0.25) is 14.6 Å². The van der Waals surface area contributed by atoms with Crippen molar-refractivity contribution in [2.24, 2.45) is 0 Å². The summed E-state index contributed by atoms with van der Waals surface area (Å²) in [4.78, 5) is 31.8. The van der Waals surface area contributed by atoms with Gasteiger partial charge in [-0.05, 0) is 37.1 Å². The van der Waals surface area contributed by atoms with E-state index in [0.717, 1.165) is 12.0 Å². The van der Waals surface area contributed by atoms with Gasteiger partial charge in [0, 0.05) is 43.3 Å². The van der Waals surface area contributed by atoms with Crippen molar-refractivity contribution < 1.29 is 4.79 Å². The van der Waals surface area contributed by atoms with Crippen LogP contribution in [0.5, 0.6) is 0 Å². The highest BCUT2D eigenvalue weighted by Gasteiger charge is 2.14. The van der Waals surface area contributed by atoms with Crippen molar-refractivity contribution in [2.75, 3.05) is 13.1 Å². The van der Waals surface area contributed by atoms with Gasteiger partial charge in [-0.15, -0.1) is 0 Å². The molecule has 0 unspecified atom stereocenters. The molecule has 2 heterocycles. The molecular formula is C15H17N3O2. The number of hydrogen-bond donors (Lipinski definition) is 1. The van der Waals surface area contributed by atoms with Crippen LogP contribution >= 0.6 is 0 Å². The summed E-state index contributed by atoms with van der Waals surface area (Å²) in [5, 5.41) is 0. The van der Waals surface area contributed by atoms with E-state index in [1.807, 2.05) is 19.1 Å². The van der Waals surface area contributed by atoms with E-state index < -0.39 is 0 Å². The lowest BCUT2D eigenvalue weighted by Gasteiger charge is -2.20. The first-order valence-electron chi connectivity index (χ1n) is 6.57. The van der Waals surface area contributed by atoms with Gasteiger partial charge in [0.25, 0.3) is 5.91 Å². The number of carbonyl (C=O) groups is 1. The average molecular weight is 271 g/mol. The Morgan fingerprint density at radius 1 is 1.30 bits per heavy atom. The number of aromatic nitrogens is 2. The summed E-state index contributed by atoms with van der Waals surface area (Å²) in [7, 11) is 0. The quantitative estimate of drug-likeness (QED) is 0.895. The number of rotatable bonds is 5. The highest BCUT2D eigenvalue weighted by molar-refractivity contribution is 5.94. The fraction of sp³-hybridized carbons (Fsp3) is 0.267. The molecule has 0 spiro atoms. The first-order valence-corrected chi connectivity index (χ1v) is 6.57. The van der Waals surface area contributed by atoms with Crippen molar-refractivity contribution in [2.45, 2.75) is 13.3 Å². The predicted octanol–water partition coefficient (Wildman–Crippen LogP) is 1.47. The standard InChI is InChI=1S/C15H17N3O2/c1-2-18(10-6-12-3-7-16-8-4-12)15(20)13-5-9-17-14(19)11-13/h3-5,7-9,11H,2,6,10H2,1H3,(H,17,19). The smallest absolute Gasteiger partial charge is 0.254 e. The van der Waals surface area contributed by atoms with Crippen LogP contribution in [0.4, 0.5) is 0 Å². The third-order valence-corrected chi connectivity index (χ3v) is 3.11. The normalized spacial score (nSPS) is 10.2. The molecule has 0 bridgehead atoms. The first-order chi connectivity index (χ1) is 9.70. The van der Waals surface area contributed by atoms with E-state index in [-0.39, 0.29) is 11.5 Å². The molecule has 0 radical (unpaired) electrons. The summed E-state index contributed by atoms with van der Waals surface area (Å²) in [6, 6.07) is 6.83. The topological polar surface area (TPSA) is 66.1 Å². The molecule has 2 aromatic heterocycles. The van der Waals surface area contributed by atoms with Crippen LogP contribution in [0, 0.1) is 0 Å². The van der Waals surface area contributed by atoms with Crippen molar-refractivity contribution in [1.29, 1.82) is 0 Å². The number of nitrogens with one attached hydrogen (secondary N) is 1. The molecule has 5 nitrogen and oxygen atoms in total. The molecule has 104 valence electrons. The van der Waals surface area contributed by atoms with Crippen LogP contribution in [0.2, 0.25) is 0 Å². The van der Waals surface area contributed by atoms with E-state index in [0.29, 0.717) is 18.7 Å². The maximum absolute atomic E-state index is 12.3. The van der Waals surface area contributed by atoms with Crippen molar-refractivity contribution in [1.82, 2.24) is 14.9 Å². The zero-order valence-electron chi connectivity index (χ0n) is 11.4. The summed E-state index contributed by atoms with van der Waals surface area (Å²) in [6.07, 6.45) is 5.74. The zero-order valence-corrected chi connectivity index (χ0v) is 11.4. The number of amides is 1. The number of pyridine rings is 2. The average Bonchev–Trinajstić information content (AvgIpc) is 2.48. The van der Waals surface area contributed by atoms with Crippen LogP contribution in [-0.2, 0) is 6.42 Å². The van der Waals surface area contributed by atoms with Gasteiger partial charge in [0.2, 0.25) is 5.56 Å². The zero-order chi connectivity index (χ0) is 14.4. The van der Waals surface area contributed by atoms with E-state index >= 15 is 0 Å². The maximum Gasteiger partial charge on any atom is 0.254 e. The van der Waals surface area contributed by atoms with E-state index in [9.17, 15) is 9.59 Å². The van der Waals surface area contributed by atoms with Crippen molar-refractivity contribution in [3.05, 3.63) is 64.3 Å². The fourth-order valence-corrected chi connectivity index (χ4v) is 1.98. The molecule has 0 aromatic carbocycles. The lowest BCUT2D eigenvalue weighted by atomic mass is 10.1. The second kappa shape index (κ2) is 6.65. The summed E-state index contributed by atoms with van der Waals surface area (Å²) >= 11 is 0. The van der Waals surface area contributed by atoms with Crippen molar-refractivity contribution in [3.63, 3.8) is 0 Å². The highest BCUT2D eigenvalue weighted by atomic mass is 16.2. The lowest BCUT2D eigenvalue weighted by Crippen LogP contribution is -2.33. The van der Waals surface area contributed by atoms with Gasteiger partial charge in [0.1, 0.15) is 0 Å². The molecule has 2 aromatic rings. The molecule has 20 heavy (non-hydrogen) atoms. The van der Waals surface area contributed by atoms with Gasteiger partial charge >= 0.3 is 0 Å². The van der Waals surface area contributed by atoms with Crippen LogP contribution < -0.4 is 5.56 Å². The number of likely N-dealkylation sites (N-methyl/N-ethyl adjacent to an activating group) is 1. The number of H-pyrrole nitrogens is 1. The molecule has 2 rings (SSSR count).